The van der Waals surface area contributed by atoms with Gasteiger partial charge in [0.25, 0.3) is 0 Å². The zero-order chi connectivity index (χ0) is 14.0. The molecule has 19 heavy (non-hydrogen) atoms. The minimum Gasteiger partial charge on any atom is -0.469 e. The number of rotatable bonds is 5. The van der Waals surface area contributed by atoms with E-state index in [0.29, 0.717) is 5.92 Å². The van der Waals surface area contributed by atoms with Gasteiger partial charge >= 0.3 is 5.97 Å². The van der Waals surface area contributed by atoms with E-state index in [9.17, 15) is 9.59 Å². The summed E-state index contributed by atoms with van der Waals surface area (Å²) in [6.07, 6.45) is 5.03. The number of carbonyl (C=O) groups excluding carboxylic acids is 2. The molecule has 0 radical (unpaired) electrons. The van der Waals surface area contributed by atoms with Crippen LogP contribution in [0.25, 0.3) is 0 Å². The lowest BCUT2D eigenvalue weighted by molar-refractivity contribution is -0.141. The van der Waals surface area contributed by atoms with E-state index >= 15 is 0 Å². The summed E-state index contributed by atoms with van der Waals surface area (Å²) in [6.45, 7) is 4.05. The highest BCUT2D eigenvalue weighted by Crippen LogP contribution is 2.48. The molecule has 0 spiro atoms. The van der Waals surface area contributed by atoms with Gasteiger partial charge < -0.3 is 10.1 Å². The summed E-state index contributed by atoms with van der Waals surface area (Å²) in [5.41, 5.74) is 0. The Kier molecular flexibility index (Phi) is 4.48. The normalized spacial score (nSPS) is 30.4. The van der Waals surface area contributed by atoms with Crippen LogP contribution in [-0.4, -0.2) is 25.0 Å². The number of methoxy groups -OCH3 is 1. The first-order chi connectivity index (χ1) is 9.01. The lowest BCUT2D eigenvalue weighted by Crippen LogP contribution is -2.44. The Labute approximate surface area is 115 Å². The molecule has 0 aromatic carbocycles. The third kappa shape index (κ3) is 3.28. The predicted octanol–water partition coefficient (Wildman–Crippen LogP) is 2.13. The maximum atomic E-state index is 12.4. The molecule has 0 aliphatic heterocycles. The fourth-order valence-electron chi connectivity index (χ4n) is 3.57. The molecule has 2 aliphatic carbocycles. The highest BCUT2D eigenvalue weighted by Gasteiger charge is 2.43. The molecule has 2 unspecified atom stereocenters. The Morgan fingerprint density at radius 1 is 1.26 bits per heavy atom. The number of carbonyl (C=O) groups is 2. The minimum atomic E-state index is -0.257. The Morgan fingerprint density at radius 2 is 2.00 bits per heavy atom. The number of fused-ring (bicyclic) bond motifs is 2. The Hall–Kier alpha value is -1.06. The fourth-order valence-corrected chi connectivity index (χ4v) is 3.57. The summed E-state index contributed by atoms with van der Waals surface area (Å²) < 4.78 is 4.70. The van der Waals surface area contributed by atoms with Crippen LogP contribution >= 0.6 is 0 Å². The molecule has 0 heterocycles. The van der Waals surface area contributed by atoms with Crippen molar-refractivity contribution in [2.75, 3.05) is 7.11 Å². The molecule has 2 bridgehead atoms. The van der Waals surface area contributed by atoms with Gasteiger partial charge in [-0.1, -0.05) is 20.3 Å². The van der Waals surface area contributed by atoms with Crippen LogP contribution in [-0.2, 0) is 14.3 Å². The summed E-state index contributed by atoms with van der Waals surface area (Å²) in [4.78, 5) is 23.7. The summed E-state index contributed by atoms with van der Waals surface area (Å²) in [6, 6.07) is -0.112. The number of hydrogen-bond donors (Lipinski definition) is 1. The zero-order valence-corrected chi connectivity index (χ0v) is 12.1. The van der Waals surface area contributed by atoms with Crippen molar-refractivity contribution in [2.24, 2.45) is 23.7 Å². The van der Waals surface area contributed by atoms with E-state index in [1.807, 2.05) is 13.8 Å². The summed E-state index contributed by atoms with van der Waals surface area (Å²) in [7, 11) is 1.39. The molecule has 2 fully saturated rings. The van der Waals surface area contributed by atoms with Gasteiger partial charge in [0.05, 0.1) is 13.5 Å². The Bertz CT molecular complexity index is 353. The first-order valence-corrected chi connectivity index (χ1v) is 7.38. The number of esters is 1. The predicted molar refractivity (Wildman–Crippen MR) is 72.3 cm³/mol. The van der Waals surface area contributed by atoms with E-state index in [4.69, 9.17) is 4.74 Å². The third-order valence-electron chi connectivity index (χ3n) is 4.82. The largest absolute Gasteiger partial charge is 0.469 e. The van der Waals surface area contributed by atoms with Crippen LogP contribution in [0.3, 0.4) is 0 Å². The van der Waals surface area contributed by atoms with Crippen molar-refractivity contribution in [1.29, 1.82) is 0 Å². The van der Waals surface area contributed by atoms with Gasteiger partial charge in [-0.15, -0.1) is 0 Å². The Balaban J connectivity index is 1.90. The lowest BCUT2D eigenvalue weighted by atomic mass is 9.87. The summed E-state index contributed by atoms with van der Waals surface area (Å²) in [5, 5.41) is 3.07. The highest BCUT2D eigenvalue weighted by atomic mass is 16.5. The summed E-state index contributed by atoms with van der Waals surface area (Å²) in [5.74, 6) is 1.65. The van der Waals surface area contributed by atoms with Gasteiger partial charge in [-0.2, -0.15) is 0 Å². The van der Waals surface area contributed by atoms with Gasteiger partial charge in [0, 0.05) is 12.0 Å². The molecular formula is C15H25NO3. The van der Waals surface area contributed by atoms with Crippen molar-refractivity contribution >= 4 is 11.9 Å². The molecule has 1 N–H and O–H groups in total. The van der Waals surface area contributed by atoms with E-state index in [1.54, 1.807) is 0 Å². The highest BCUT2D eigenvalue weighted by molar-refractivity contribution is 5.80. The van der Waals surface area contributed by atoms with Gasteiger partial charge in [-0.25, -0.2) is 0 Å². The van der Waals surface area contributed by atoms with Crippen molar-refractivity contribution in [3.63, 3.8) is 0 Å². The fraction of sp³-hybridized carbons (Fsp3) is 0.867. The number of amides is 1. The third-order valence-corrected chi connectivity index (χ3v) is 4.82. The van der Waals surface area contributed by atoms with E-state index in [-0.39, 0.29) is 36.2 Å². The lowest BCUT2D eigenvalue weighted by Gasteiger charge is -2.26. The first kappa shape index (κ1) is 14.4. The summed E-state index contributed by atoms with van der Waals surface area (Å²) >= 11 is 0. The SMILES string of the molecule is COC(=O)CC(NC(=O)C1C[C@@H]2CC[C@H]1C2)C(C)C. The van der Waals surface area contributed by atoms with Crippen LogP contribution in [0.1, 0.15) is 46.0 Å². The van der Waals surface area contributed by atoms with E-state index in [0.717, 1.165) is 12.3 Å². The van der Waals surface area contributed by atoms with Crippen LogP contribution < -0.4 is 5.32 Å². The maximum absolute atomic E-state index is 12.4. The van der Waals surface area contributed by atoms with Gasteiger partial charge in [-0.05, 0) is 37.0 Å². The minimum absolute atomic E-state index is 0.112. The standard InChI is InChI=1S/C15H25NO3/c1-9(2)13(8-14(17)19-3)16-15(18)12-7-10-4-5-11(12)6-10/h9-13H,4-8H2,1-3H3,(H,16,18)/t10-,11+,12?,13?/m1/s1. The molecule has 0 saturated heterocycles. The van der Waals surface area contributed by atoms with Crippen molar-refractivity contribution < 1.29 is 14.3 Å². The molecule has 4 nitrogen and oxygen atoms in total. The second-order valence-corrected chi connectivity index (χ2v) is 6.42. The average Bonchev–Trinajstić information content (AvgIpc) is 2.99. The van der Waals surface area contributed by atoms with Crippen LogP contribution in [0.15, 0.2) is 0 Å². The van der Waals surface area contributed by atoms with Gasteiger partial charge in [0.1, 0.15) is 0 Å². The van der Waals surface area contributed by atoms with Crippen LogP contribution in [0.5, 0.6) is 0 Å². The van der Waals surface area contributed by atoms with E-state index in [1.165, 1.54) is 26.4 Å². The second-order valence-electron chi connectivity index (χ2n) is 6.42. The second kappa shape index (κ2) is 5.93. The van der Waals surface area contributed by atoms with Crippen molar-refractivity contribution in [1.82, 2.24) is 5.32 Å². The number of nitrogens with one attached hydrogen (secondary N) is 1. The van der Waals surface area contributed by atoms with Gasteiger partial charge in [0.2, 0.25) is 5.91 Å². The molecule has 108 valence electrons. The number of hydrogen-bond acceptors (Lipinski definition) is 3. The van der Waals surface area contributed by atoms with Gasteiger partial charge in [0.15, 0.2) is 0 Å². The Morgan fingerprint density at radius 3 is 2.47 bits per heavy atom. The van der Waals surface area contributed by atoms with E-state index in [2.05, 4.69) is 5.32 Å². The smallest absolute Gasteiger partial charge is 0.307 e. The molecule has 0 aromatic rings. The van der Waals surface area contributed by atoms with Gasteiger partial charge in [-0.3, -0.25) is 9.59 Å². The maximum Gasteiger partial charge on any atom is 0.307 e. The first-order valence-electron chi connectivity index (χ1n) is 7.38. The van der Waals surface area contributed by atoms with E-state index < -0.39 is 0 Å². The monoisotopic (exact) mass is 267 g/mol. The quantitative estimate of drug-likeness (QED) is 0.776. The molecule has 2 saturated carbocycles. The van der Waals surface area contributed by atoms with Crippen molar-refractivity contribution in [3.05, 3.63) is 0 Å². The molecule has 4 atom stereocenters. The zero-order valence-electron chi connectivity index (χ0n) is 12.1. The van der Waals surface area contributed by atoms with Crippen molar-refractivity contribution in [2.45, 2.75) is 52.0 Å². The average molecular weight is 267 g/mol. The van der Waals surface area contributed by atoms with Crippen LogP contribution in [0.2, 0.25) is 0 Å². The molecule has 2 aliphatic rings. The van der Waals surface area contributed by atoms with Crippen LogP contribution in [0.4, 0.5) is 0 Å². The van der Waals surface area contributed by atoms with Crippen molar-refractivity contribution in [3.8, 4) is 0 Å². The molecule has 4 heteroatoms. The van der Waals surface area contributed by atoms with Crippen LogP contribution in [0, 0.1) is 23.7 Å². The number of ether oxygens (including phenoxy) is 1. The molecule has 0 aromatic heterocycles. The molecule has 2 rings (SSSR count). The molecule has 1 amide bonds. The molecular weight excluding hydrogens is 242 g/mol. The topological polar surface area (TPSA) is 55.4 Å².